The number of rotatable bonds is 7. The molecule has 4 heteroatoms. The van der Waals surface area contributed by atoms with Gasteiger partial charge in [-0.3, -0.25) is 11.3 Å². The van der Waals surface area contributed by atoms with E-state index in [1.807, 2.05) is 23.9 Å². The summed E-state index contributed by atoms with van der Waals surface area (Å²) in [5, 5.41) is 0. The Labute approximate surface area is 102 Å². The lowest BCUT2D eigenvalue weighted by Crippen LogP contribution is -2.29. The van der Waals surface area contributed by atoms with Crippen molar-refractivity contribution >= 4 is 11.8 Å². The molecule has 1 aromatic carbocycles. The van der Waals surface area contributed by atoms with E-state index in [1.54, 1.807) is 7.11 Å². The molecule has 1 rings (SSSR count). The highest BCUT2D eigenvalue weighted by molar-refractivity contribution is 7.99. The highest BCUT2D eigenvalue weighted by Crippen LogP contribution is 2.20. The molecule has 0 aliphatic rings. The molecule has 3 N–H and O–H groups in total. The fourth-order valence-electron chi connectivity index (χ4n) is 1.42. The minimum Gasteiger partial charge on any atom is -0.497 e. The number of nitrogens with two attached hydrogens (primary N) is 1. The van der Waals surface area contributed by atoms with Crippen molar-refractivity contribution in [2.45, 2.75) is 19.4 Å². The number of hydrogen-bond acceptors (Lipinski definition) is 4. The standard InChI is InChI=1S/C12H20N2OS/c1-3-8-16-9-12(14-13)10-4-6-11(15-2)7-5-10/h4-7,12,14H,3,8-9,13H2,1-2H3. The van der Waals surface area contributed by atoms with Gasteiger partial charge in [0, 0.05) is 5.75 Å². The van der Waals surface area contributed by atoms with Crippen LogP contribution in [0.5, 0.6) is 5.75 Å². The van der Waals surface area contributed by atoms with Crippen LogP contribution in [0.1, 0.15) is 24.9 Å². The van der Waals surface area contributed by atoms with Crippen LogP contribution in [0.2, 0.25) is 0 Å². The number of thioether (sulfide) groups is 1. The summed E-state index contributed by atoms with van der Waals surface area (Å²) in [6.07, 6.45) is 1.20. The molecule has 0 aliphatic heterocycles. The first-order valence-corrected chi connectivity index (χ1v) is 6.65. The summed E-state index contributed by atoms with van der Waals surface area (Å²) in [7, 11) is 1.67. The molecule has 0 saturated carbocycles. The number of hydrazine groups is 1. The highest BCUT2D eigenvalue weighted by Gasteiger charge is 2.09. The maximum Gasteiger partial charge on any atom is 0.118 e. The van der Waals surface area contributed by atoms with Crippen LogP contribution in [0, 0.1) is 0 Å². The third kappa shape index (κ3) is 4.04. The zero-order chi connectivity index (χ0) is 11.8. The van der Waals surface area contributed by atoms with Crippen LogP contribution >= 0.6 is 11.8 Å². The van der Waals surface area contributed by atoms with Gasteiger partial charge in [0.05, 0.1) is 13.2 Å². The molecule has 1 atom stereocenters. The second kappa shape index (κ2) is 7.54. The summed E-state index contributed by atoms with van der Waals surface area (Å²) in [6.45, 7) is 2.19. The van der Waals surface area contributed by atoms with Crippen LogP contribution in [0.15, 0.2) is 24.3 Å². The smallest absolute Gasteiger partial charge is 0.118 e. The monoisotopic (exact) mass is 240 g/mol. The first kappa shape index (κ1) is 13.4. The van der Waals surface area contributed by atoms with Gasteiger partial charge in [-0.15, -0.1) is 0 Å². The van der Waals surface area contributed by atoms with Crippen LogP contribution in [-0.4, -0.2) is 18.6 Å². The second-order valence-electron chi connectivity index (χ2n) is 3.57. The van der Waals surface area contributed by atoms with E-state index in [-0.39, 0.29) is 6.04 Å². The quantitative estimate of drug-likeness (QED) is 0.436. The van der Waals surface area contributed by atoms with Gasteiger partial charge in [0.25, 0.3) is 0 Å². The summed E-state index contributed by atoms with van der Waals surface area (Å²) in [4.78, 5) is 0. The molecular formula is C12H20N2OS. The maximum atomic E-state index is 5.56. The Morgan fingerprint density at radius 1 is 1.38 bits per heavy atom. The van der Waals surface area contributed by atoms with Crippen molar-refractivity contribution in [3.8, 4) is 5.75 Å². The van der Waals surface area contributed by atoms with Crippen LogP contribution in [0.25, 0.3) is 0 Å². The second-order valence-corrected chi connectivity index (χ2v) is 4.72. The SMILES string of the molecule is CCCSCC(NN)c1ccc(OC)cc1. The summed E-state index contributed by atoms with van der Waals surface area (Å²) in [6, 6.07) is 8.24. The topological polar surface area (TPSA) is 47.3 Å². The predicted molar refractivity (Wildman–Crippen MR) is 70.7 cm³/mol. The van der Waals surface area contributed by atoms with Gasteiger partial charge >= 0.3 is 0 Å². The van der Waals surface area contributed by atoms with Crippen molar-refractivity contribution in [1.82, 2.24) is 5.43 Å². The van der Waals surface area contributed by atoms with Crippen molar-refractivity contribution in [3.63, 3.8) is 0 Å². The van der Waals surface area contributed by atoms with Gasteiger partial charge in [-0.05, 0) is 29.9 Å². The van der Waals surface area contributed by atoms with Crippen LogP contribution < -0.4 is 16.0 Å². The molecule has 0 saturated heterocycles. The van der Waals surface area contributed by atoms with E-state index in [1.165, 1.54) is 17.7 Å². The van der Waals surface area contributed by atoms with E-state index in [0.717, 1.165) is 11.5 Å². The molecule has 3 nitrogen and oxygen atoms in total. The third-order valence-electron chi connectivity index (χ3n) is 2.35. The Hall–Kier alpha value is -0.710. The molecular weight excluding hydrogens is 220 g/mol. The molecule has 0 fully saturated rings. The van der Waals surface area contributed by atoms with E-state index in [2.05, 4.69) is 24.5 Å². The van der Waals surface area contributed by atoms with Crippen molar-refractivity contribution in [3.05, 3.63) is 29.8 Å². The van der Waals surface area contributed by atoms with E-state index in [4.69, 9.17) is 10.6 Å². The molecule has 0 aliphatic carbocycles. The number of methoxy groups -OCH3 is 1. The summed E-state index contributed by atoms with van der Waals surface area (Å²) in [5.74, 6) is 8.61. The predicted octanol–water partition coefficient (Wildman–Crippen LogP) is 2.34. The Kier molecular flexibility index (Phi) is 6.30. The molecule has 90 valence electrons. The summed E-state index contributed by atoms with van der Waals surface area (Å²) < 4.78 is 5.12. The largest absolute Gasteiger partial charge is 0.497 e. The van der Waals surface area contributed by atoms with Crippen molar-refractivity contribution in [1.29, 1.82) is 0 Å². The lowest BCUT2D eigenvalue weighted by molar-refractivity contribution is 0.414. The number of nitrogens with one attached hydrogen (secondary N) is 1. The van der Waals surface area contributed by atoms with Gasteiger partial charge in [0.2, 0.25) is 0 Å². The van der Waals surface area contributed by atoms with Gasteiger partial charge in [-0.25, -0.2) is 0 Å². The fraction of sp³-hybridized carbons (Fsp3) is 0.500. The average molecular weight is 240 g/mol. The van der Waals surface area contributed by atoms with E-state index in [9.17, 15) is 0 Å². The van der Waals surface area contributed by atoms with Gasteiger partial charge < -0.3 is 4.74 Å². The Balaban J connectivity index is 2.56. The lowest BCUT2D eigenvalue weighted by Gasteiger charge is -2.16. The number of hydrogen-bond donors (Lipinski definition) is 2. The molecule has 1 unspecified atom stereocenters. The van der Waals surface area contributed by atoms with Crippen molar-refractivity contribution < 1.29 is 4.74 Å². The van der Waals surface area contributed by atoms with Crippen LogP contribution in [0.4, 0.5) is 0 Å². The lowest BCUT2D eigenvalue weighted by atomic mass is 10.1. The zero-order valence-corrected chi connectivity index (χ0v) is 10.7. The van der Waals surface area contributed by atoms with E-state index in [0.29, 0.717) is 0 Å². The van der Waals surface area contributed by atoms with Crippen molar-refractivity contribution in [2.24, 2.45) is 5.84 Å². The molecule has 1 aromatic rings. The Bertz CT molecular complexity index is 290. The van der Waals surface area contributed by atoms with E-state index >= 15 is 0 Å². The van der Waals surface area contributed by atoms with Gasteiger partial charge in [-0.1, -0.05) is 19.1 Å². The Morgan fingerprint density at radius 2 is 2.06 bits per heavy atom. The maximum absolute atomic E-state index is 5.56. The molecule has 0 bridgehead atoms. The van der Waals surface area contributed by atoms with E-state index < -0.39 is 0 Å². The first-order chi connectivity index (χ1) is 7.81. The van der Waals surface area contributed by atoms with Gasteiger partial charge in [0.15, 0.2) is 0 Å². The minimum absolute atomic E-state index is 0.211. The summed E-state index contributed by atoms with van der Waals surface area (Å²) >= 11 is 1.92. The fourth-order valence-corrected chi connectivity index (χ4v) is 2.40. The summed E-state index contributed by atoms with van der Waals surface area (Å²) in [5.41, 5.74) is 4.05. The van der Waals surface area contributed by atoms with Crippen LogP contribution in [-0.2, 0) is 0 Å². The molecule has 16 heavy (non-hydrogen) atoms. The molecule has 0 heterocycles. The average Bonchev–Trinajstić information content (AvgIpc) is 2.35. The molecule has 0 radical (unpaired) electrons. The number of benzene rings is 1. The molecule has 0 aromatic heterocycles. The third-order valence-corrected chi connectivity index (χ3v) is 3.62. The first-order valence-electron chi connectivity index (χ1n) is 5.49. The minimum atomic E-state index is 0.211. The Morgan fingerprint density at radius 3 is 2.56 bits per heavy atom. The normalized spacial score (nSPS) is 12.4. The zero-order valence-electron chi connectivity index (χ0n) is 9.90. The van der Waals surface area contributed by atoms with Gasteiger partial charge in [0.1, 0.15) is 5.75 Å². The van der Waals surface area contributed by atoms with Crippen LogP contribution in [0.3, 0.4) is 0 Å². The molecule has 0 spiro atoms. The molecule has 0 amide bonds. The van der Waals surface area contributed by atoms with Gasteiger partial charge in [-0.2, -0.15) is 11.8 Å². The number of ether oxygens (including phenoxy) is 1. The van der Waals surface area contributed by atoms with Crippen molar-refractivity contribution in [2.75, 3.05) is 18.6 Å². The highest BCUT2D eigenvalue weighted by atomic mass is 32.2.